The number of aromatic nitrogens is 2. The maximum absolute atomic E-state index is 13.1. The first-order valence-electron chi connectivity index (χ1n) is 13.4. The van der Waals surface area contributed by atoms with E-state index in [4.69, 9.17) is 4.74 Å². The molecule has 0 saturated carbocycles. The molecule has 0 amide bonds. The number of likely N-dealkylation sites (N-methyl/N-ethyl adjacent to an activating group) is 1. The summed E-state index contributed by atoms with van der Waals surface area (Å²) in [5, 5.41) is 3.09. The fraction of sp³-hybridized carbons (Fsp3) is 0.517. The van der Waals surface area contributed by atoms with Crippen LogP contribution in [0.15, 0.2) is 47.6 Å². The Morgan fingerprint density at radius 3 is 2.42 bits per heavy atom. The highest BCUT2D eigenvalue weighted by molar-refractivity contribution is 5.41. The number of hydrogen-bond donors (Lipinski definition) is 1. The molecule has 1 aromatic carbocycles. The second-order valence-electron chi connectivity index (χ2n) is 9.93. The molecule has 0 aliphatic heterocycles. The highest BCUT2D eigenvalue weighted by Crippen LogP contribution is 2.30. The van der Waals surface area contributed by atoms with Gasteiger partial charge in [0.25, 0.3) is 0 Å². The molecule has 1 aliphatic carbocycles. The van der Waals surface area contributed by atoms with Crippen LogP contribution in [0.4, 0.5) is 32.3 Å². The summed E-state index contributed by atoms with van der Waals surface area (Å²) in [5.41, 5.74) is 2.78. The van der Waals surface area contributed by atoms with Gasteiger partial charge in [0.1, 0.15) is 0 Å². The third kappa shape index (κ3) is 9.83. The van der Waals surface area contributed by atoms with Crippen molar-refractivity contribution in [1.29, 1.82) is 0 Å². The van der Waals surface area contributed by atoms with E-state index in [1.165, 1.54) is 11.6 Å². The number of anilines is 1. The Kier molecular flexibility index (Phi) is 11.0. The Labute approximate surface area is 231 Å². The molecule has 11 heteroatoms. The maximum Gasteiger partial charge on any atom is 0.422 e. The van der Waals surface area contributed by atoms with Crippen molar-refractivity contribution in [2.75, 3.05) is 38.1 Å². The summed E-state index contributed by atoms with van der Waals surface area (Å²) in [4.78, 5) is 11.0. The molecule has 0 saturated heterocycles. The SMILES string of the molecule is CCCCN(CC)CC1=CC=C(CNc2nc(CCc3cccc(C(F)(F)F)c3)c(C)c(OCC(F)(F)F)n2)C1. The van der Waals surface area contributed by atoms with E-state index >= 15 is 0 Å². The van der Waals surface area contributed by atoms with Crippen LogP contribution < -0.4 is 10.1 Å². The van der Waals surface area contributed by atoms with Crippen LogP contribution in [0.5, 0.6) is 5.88 Å². The number of unbranched alkanes of at least 4 members (excludes halogenated alkanes) is 1. The number of nitrogens with zero attached hydrogens (tertiary/aromatic N) is 3. The lowest BCUT2D eigenvalue weighted by Crippen LogP contribution is -2.26. The van der Waals surface area contributed by atoms with Gasteiger partial charge in [0.2, 0.25) is 11.8 Å². The minimum atomic E-state index is -4.55. The molecule has 2 aromatic rings. The van der Waals surface area contributed by atoms with Crippen LogP contribution in [0.25, 0.3) is 0 Å². The average Bonchev–Trinajstić information content (AvgIpc) is 3.35. The van der Waals surface area contributed by atoms with Gasteiger partial charge in [-0.1, -0.05) is 56.2 Å². The number of alkyl halides is 6. The third-order valence-corrected chi connectivity index (χ3v) is 6.66. The van der Waals surface area contributed by atoms with Crippen molar-refractivity contribution < 1.29 is 31.1 Å². The Hall–Kier alpha value is -3.08. The van der Waals surface area contributed by atoms with E-state index in [0.29, 0.717) is 23.4 Å². The van der Waals surface area contributed by atoms with E-state index in [-0.39, 0.29) is 24.7 Å². The molecule has 1 aliphatic rings. The first-order chi connectivity index (χ1) is 18.9. The van der Waals surface area contributed by atoms with Gasteiger partial charge < -0.3 is 10.1 Å². The molecule has 1 heterocycles. The van der Waals surface area contributed by atoms with Crippen LogP contribution in [0.3, 0.4) is 0 Å². The van der Waals surface area contributed by atoms with Crippen molar-refractivity contribution >= 4 is 5.95 Å². The molecule has 5 nitrogen and oxygen atoms in total. The quantitative estimate of drug-likeness (QED) is 0.241. The molecule has 0 unspecified atom stereocenters. The summed E-state index contributed by atoms with van der Waals surface area (Å²) in [6.07, 6.45) is -1.43. The van der Waals surface area contributed by atoms with Crippen LogP contribution in [-0.4, -0.2) is 53.8 Å². The van der Waals surface area contributed by atoms with Gasteiger partial charge in [-0.2, -0.15) is 31.3 Å². The summed E-state index contributed by atoms with van der Waals surface area (Å²) < 4.78 is 82.9. The number of halogens is 6. The van der Waals surface area contributed by atoms with Crippen molar-refractivity contribution in [1.82, 2.24) is 14.9 Å². The standard InChI is InChI=1S/C29H36F6N4O/c1-4-6-14-39(5-2)18-23-11-10-22(15-23)17-36-27-37-25(20(3)26(38-27)40-19-28(30,31)32)13-12-21-8-7-9-24(16-21)29(33,34)35/h7-11,16H,4-6,12-15,17-19H2,1-3H3,(H,36,37,38). The smallest absolute Gasteiger partial charge is 0.422 e. The molecule has 0 radical (unpaired) electrons. The molecular formula is C29H36F6N4O. The summed E-state index contributed by atoms with van der Waals surface area (Å²) in [5.74, 6) is -0.100. The van der Waals surface area contributed by atoms with E-state index in [0.717, 1.165) is 56.6 Å². The largest absolute Gasteiger partial charge is 0.468 e. The minimum Gasteiger partial charge on any atom is -0.468 e. The molecule has 0 bridgehead atoms. The van der Waals surface area contributed by atoms with Crippen LogP contribution in [0.1, 0.15) is 55.5 Å². The summed E-state index contributed by atoms with van der Waals surface area (Å²) in [6, 6.07) is 4.96. The third-order valence-electron chi connectivity index (χ3n) is 6.66. The number of rotatable bonds is 14. The zero-order valence-corrected chi connectivity index (χ0v) is 23.1. The lowest BCUT2D eigenvalue weighted by atomic mass is 10.0. The topological polar surface area (TPSA) is 50.3 Å². The molecular weight excluding hydrogens is 534 g/mol. The predicted molar refractivity (Wildman–Crippen MR) is 143 cm³/mol. The number of allylic oxidation sites excluding steroid dienone is 2. The van der Waals surface area contributed by atoms with E-state index in [2.05, 4.69) is 40.1 Å². The van der Waals surface area contributed by atoms with Crippen LogP contribution in [0, 0.1) is 6.92 Å². The molecule has 0 fully saturated rings. The van der Waals surface area contributed by atoms with Crippen molar-refractivity contribution in [2.24, 2.45) is 0 Å². The Balaban J connectivity index is 1.69. The lowest BCUT2D eigenvalue weighted by molar-refractivity contribution is -0.154. The van der Waals surface area contributed by atoms with Gasteiger partial charge in [-0.3, -0.25) is 4.90 Å². The van der Waals surface area contributed by atoms with Crippen molar-refractivity contribution in [2.45, 2.75) is 65.2 Å². The van der Waals surface area contributed by atoms with Gasteiger partial charge >= 0.3 is 12.4 Å². The van der Waals surface area contributed by atoms with Crippen molar-refractivity contribution in [3.05, 3.63) is 69.9 Å². The Morgan fingerprint density at radius 2 is 1.75 bits per heavy atom. The van der Waals surface area contributed by atoms with E-state index in [1.54, 1.807) is 13.0 Å². The fourth-order valence-corrected chi connectivity index (χ4v) is 4.40. The van der Waals surface area contributed by atoms with Crippen molar-refractivity contribution in [3.63, 3.8) is 0 Å². The highest BCUT2D eigenvalue weighted by Gasteiger charge is 2.31. The number of nitrogens with one attached hydrogen (secondary N) is 1. The minimum absolute atomic E-state index is 0.106. The van der Waals surface area contributed by atoms with Gasteiger partial charge in [0.05, 0.1) is 11.3 Å². The first kappa shape index (κ1) is 31.4. The normalized spacial score (nSPS) is 13.9. The van der Waals surface area contributed by atoms with E-state index < -0.39 is 24.5 Å². The van der Waals surface area contributed by atoms with Crippen molar-refractivity contribution in [3.8, 4) is 5.88 Å². The Bertz CT molecular complexity index is 1190. The molecule has 220 valence electrons. The summed E-state index contributed by atoms with van der Waals surface area (Å²) in [7, 11) is 0. The first-order valence-corrected chi connectivity index (χ1v) is 13.4. The van der Waals surface area contributed by atoms with Gasteiger partial charge in [-0.15, -0.1) is 0 Å². The van der Waals surface area contributed by atoms with Gasteiger partial charge in [0, 0.05) is 18.7 Å². The molecule has 1 N–H and O–H groups in total. The van der Waals surface area contributed by atoms with Crippen LogP contribution >= 0.6 is 0 Å². The molecule has 0 spiro atoms. The highest BCUT2D eigenvalue weighted by atomic mass is 19.4. The molecule has 1 aromatic heterocycles. The van der Waals surface area contributed by atoms with E-state index in [1.807, 2.05) is 6.08 Å². The molecule has 0 atom stereocenters. The summed E-state index contributed by atoms with van der Waals surface area (Å²) >= 11 is 0. The summed E-state index contributed by atoms with van der Waals surface area (Å²) in [6.45, 7) is 7.62. The van der Waals surface area contributed by atoms with E-state index in [9.17, 15) is 26.3 Å². The average molecular weight is 571 g/mol. The predicted octanol–water partition coefficient (Wildman–Crippen LogP) is 7.32. The lowest BCUT2D eigenvalue weighted by Gasteiger charge is -2.21. The second-order valence-corrected chi connectivity index (χ2v) is 9.93. The zero-order chi connectivity index (χ0) is 29.3. The monoisotopic (exact) mass is 570 g/mol. The van der Waals surface area contributed by atoms with Gasteiger partial charge in [0.15, 0.2) is 6.61 Å². The number of benzene rings is 1. The van der Waals surface area contributed by atoms with Crippen LogP contribution in [-0.2, 0) is 19.0 Å². The Morgan fingerprint density at radius 1 is 1.00 bits per heavy atom. The number of hydrogen-bond acceptors (Lipinski definition) is 5. The van der Waals surface area contributed by atoms with Gasteiger partial charge in [-0.25, -0.2) is 4.98 Å². The number of aryl methyl sites for hydroxylation is 2. The maximum atomic E-state index is 13.1. The molecule has 40 heavy (non-hydrogen) atoms. The fourth-order valence-electron chi connectivity index (χ4n) is 4.40. The van der Waals surface area contributed by atoms with Gasteiger partial charge in [-0.05, 0) is 62.9 Å². The zero-order valence-electron chi connectivity index (χ0n) is 23.1. The van der Waals surface area contributed by atoms with Crippen LogP contribution in [0.2, 0.25) is 0 Å². The second kappa shape index (κ2) is 14.0. The number of ether oxygens (including phenoxy) is 1. The molecule has 3 rings (SSSR count).